The molecular formula is C26H34N4O5S2. The van der Waals surface area contributed by atoms with E-state index in [1.165, 1.54) is 32.3 Å². The van der Waals surface area contributed by atoms with Gasteiger partial charge in [0.2, 0.25) is 15.9 Å². The number of rotatable bonds is 10. The molecule has 1 fully saturated rings. The lowest BCUT2D eigenvalue weighted by atomic mass is 10.0. The van der Waals surface area contributed by atoms with E-state index in [0.29, 0.717) is 12.1 Å². The van der Waals surface area contributed by atoms with Crippen molar-refractivity contribution in [2.75, 3.05) is 42.1 Å². The first kappa shape index (κ1) is 27.2. The second kappa shape index (κ2) is 10.5. The Hall–Kier alpha value is -2.89. The highest BCUT2D eigenvalue weighted by atomic mass is 32.2. The second-order valence-electron chi connectivity index (χ2n) is 10.0. The number of amides is 1. The first-order valence-electron chi connectivity index (χ1n) is 12.3. The summed E-state index contributed by atoms with van der Waals surface area (Å²) in [6.45, 7) is 3.68. The monoisotopic (exact) mass is 546 g/mol. The van der Waals surface area contributed by atoms with E-state index in [-0.39, 0.29) is 33.2 Å². The van der Waals surface area contributed by atoms with Gasteiger partial charge in [-0.15, -0.1) is 0 Å². The summed E-state index contributed by atoms with van der Waals surface area (Å²) in [5.74, 6) is -0.389. The molecule has 4 rings (SSSR count). The zero-order chi connectivity index (χ0) is 26.8. The van der Waals surface area contributed by atoms with Crippen molar-refractivity contribution >= 4 is 43.0 Å². The molecule has 0 spiro atoms. The number of nitrogens with one attached hydrogen (secondary N) is 2. The normalized spacial score (nSPS) is 17.0. The molecule has 200 valence electrons. The van der Waals surface area contributed by atoms with Crippen LogP contribution in [-0.2, 0) is 24.8 Å². The summed E-state index contributed by atoms with van der Waals surface area (Å²) < 4.78 is 56.4. The van der Waals surface area contributed by atoms with Crippen molar-refractivity contribution in [1.82, 2.24) is 4.31 Å². The van der Waals surface area contributed by atoms with Crippen molar-refractivity contribution < 1.29 is 21.6 Å². The molecular weight excluding hydrogens is 512 g/mol. The molecule has 0 bridgehead atoms. The number of carbonyl (C=O) groups is 1. The SMILES string of the molecule is CN(C)S(=O)(=O)c1ccc(S(=O)(=O)Nc2ccccc2N2CCCCC2)c(NC(=O)CCC2(C)C=C2)c1. The van der Waals surface area contributed by atoms with Gasteiger partial charge in [-0.25, -0.2) is 21.1 Å². The molecule has 0 unspecified atom stereocenters. The molecule has 0 atom stereocenters. The fourth-order valence-corrected chi connectivity index (χ4v) is 6.43. The van der Waals surface area contributed by atoms with E-state index in [0.717, 1.165) is 42.3 Å². The van der Waals surface area contributed by atoms with Crippen molar-refractivity contribution in [1.29, 1.82) is 0 Å². The number of hydrogen-bond donors (Lipinski definition) is 2. The Labute approximate surface area is 219 Å². The Morgan fingerprint density at radius 2 is 1.65 bits per heavy atom. The van der Waals surface area contributed by atoms with Gasteiger partial charge < -0.3 is 10.2 Å². The van der Waals surface area contributed by atoms with Crippen LogP contribution in [0, 0.1) is 5.41 Å². The molecule has 11 heteroatoms. The Bertz CT molecular complexity index is 1410. The summed E-state index contributed by atoms with van der Waals surface area (Å²) in [5, 5.41) is 2.65. The average molecular weight is 547 g/mol. The largest absolute Gasteiger partial charge is 0.370 e. The number of allylic oxidation sites excluding steroid dienone is 2. The summed E-state index contributed by atoms with van der Waals surface area (Å²) in [7, 11) is -5.25. The minimum atomic E-state index is -4.18. The molecule has 0 saturated carbocycles. The van der Waals surface area contributed by atoms with Crippen LogP contribution in [0.15, 0.2) is 64.4 Å². The van der Waals surface area contributed by atoms with Crippen LogP contribution in [0.1, 0.15) is 39.0 Å². The number of para-hydroxylation sites is 2. The molecule has 9 nitrogen and oxygen atoms in total. The van der Waals surface area contributed by atoms with E-state index in [1.54, 1.807) is 12.1 Å². The van der Waals surface area contributed by atoms with E-state index in [2.05, 4.69) is 14.9 Å². The molecule has 2 aliphatic rings. The summed E-state index contributed by atoms with van der Waals surface area (Å²) in [6.07, 6.45) is 7.97. The van der Waals surface area contributed by atoms with E-state index in [9.17, 15) is 21.6 Å². The number of benzene rings is 2. The van der Waals surface area contributed by atoms with Crippen molar-refractivity contribution in [2.24, 2.45) is 5.41 Å². The third-order valence-corrected chi connectivity index (χ3v) is 10.00. The van der Waals surface area contributed by atoms with Crippen LogP contribution in [-0.4, -0.2) is 54.2 Å². The average Bonchev–Trinajstić information content (AvgIpc) is 3.60. The van der Waals surface area contributed by atoms with Crippen molar-refractivity contribution in [3.63, 3.8) is 0 Å². The fraction of sp³-hybridized carbons (Fsp3) is 0.423. The maximum Gasteiger partial charge on any atom is 0.264 e. The molecule has 0 aromatic heterocycles. The van der Waals surface area contributed by atoms with E-state index < -0.39 is 20.0 Å². The molecule has 2 aromatic carbocycles. The highest BCUT2D eigenvalue weighted by molar-refractivity contribution is 7.93. The van der Waals surface area contributed by atoms with Gasteiger partial charge in [-0.1, -0.05) is 31.2 Å². The second-order valence-corrected chi connectivity index (χ2v) is 13.8. The molecule has 0 radical (unpaired) electrons. The Morgan fingerprint density at radius 3 is 2.30 bits per heavy atom. The van der Waals surface area contributed by atoms with Gasteiger partial charge in [0.15, 0.2) is 0 Å². The summed E-state index contributed by atoms with van der Waals surface area (Å²) in [4.78, 5) is 14.6. The predicted octanol–water partition coefficient (Wildman–Crippen LogP) is 4.02. The van der Waals surface area contributed by atoms with Crippen LogP contribution >= 0.6 is 0 Å². The Morgan fingerprint density at radius 1 is 0.973 bits per heavy atom. The lowest BCUT2D eigenvalue weighted by Gasteiger charge is -2.30. The van der Waals surface area contributed by atoms with Crippen LogP contribution in [0.4, 0.5) is 17.1 Å². The quantitative estimate of drug-likeness (QED) is 0.435. The maximum atomic E-state index is 13.6. The van der Waals surface area contributed by atoms with Crippen LogP contribution in [0.3, 0.4) is 0 Å². The lowest BCUT2D eigenvalue weighted by molar-refractivity contribution is -0.116. The van der Waals surface area contributed by atoms with Gasteiger partial charge in [-0.2, -0.15) is 0 Å². The van der Waals surface area contributed by atoms with Gasteiger partial charge in [0.25, 0.3) is 10.0 Å². The summed E-state index contributed by atoms with van der Waals surface area (Å²) in [6, 6.07) is 10.9. The number of piperidine rings is 1. The van der Waals surface area contributed by atoms with Gasteiger partial charge in [0.1, 0.15) is 4.90 Å². The first-order valence-corrected chi connectivity index (χ1v) is 15.3. The van der Waals surface area contributed by atoms with Gasteiger partial charge in [-0.3, -0.25) is 9.52 Å². The number of anilines is 3. The van der Waals surface area contributed by atoms with Crippen LogP contribution < -0.4 is 14.9 Å². The molecule has 1 aliphatic carbocycles. The van der Waals surface area contributed by atoms with Crippen molar-refractivity contribution in [3.8, 4) is 0 Å². The fourth-order valence-electron chi connectivity index (χ4n) is 4.29. The van der Waals surface area contributed by atoms with Gasteiger partial charge in [0, 0.05) is 39.0 Å². The van der Waals surface area contributed by atoms with E-state index in [4.69, 9.17) is 0 Å². The van der Waals surface area contributed by atoms with E-state index in [1.807, 2.05) is 31.2 Å². The highest BCUT2D eigenvalue weighted by Crippen LogP contribution is 2.39. The number of hydrogen-bond acceptors (Lipinski definition) is 6. The molecule has 1 saturated heterocycles. The van der Waals surface area contributed by atoms with Crippen LogP contribution in [0.5, 0.6) is 0 Å². The van der Waals surface area contributed by atoms with Crippen LogP contribution in [0.25, 0.3) is 0 Å². The zero-order valence-electron chi connectivity index (χ0n) is 21.4. The first-order chi connectivity index (χ1) is 17.4. The smallest absolute Gasteiger partial charge is 0.264 e. The summed E-state index contributed by atoms with van der Waals surface area (Å²) in [5.41, 5.74) is 1.04. The van der Waals surface area contributed by atoms with Crippen molar-refractivity contribution in [3.05, 3.63) is 54.6 Å². The number of carbonyl (C=O) groups excluding carboxylic acids is 1. The molecule has 1 amide bonds. The molecule has 37 heavy (non-hydrogen) atoms. The molecule has 1 aliphatic heterocycles. The maximum absolute atomic E-state index is 13.6. The number of sulfonamides is 2. The Balaban J connectivity index is 1.67. The van der Waals surface area contributed by atoms with E-state index >= 15 is 0 Å². The molecule has 1 heterocycles. The third kappa shape index (κ3) is 6.34. The summed E-state index contributed by atoms with van der Waals surface area (Å²) >= 11 is 0. The minimum absolute atomic E-state index is 0.0789. The molecule has 2 aromatic rings. The standard InChI is InChI=1S/C26H34N4O5S2/c1-26(15-16-26)14-13-25(31)27-22-19-20(37(34,35)29(2)3)11-12-24(22)36(32,33)28-21-9-5-6-10-23(21)30-17-7-4-8-18-30/h5-6,9-12,15-16,19,28H,4,7-8,13-14,17-18H2,1-3H3,(H,27,31). The lowest BCUT2D eigenvalue weighted by Crippen LogP contribution is -2.30. The third-order valence-electron chi connectivity index (χ3n) is 6.76. The topological polar surface area (TPSA) is 116 Å². The highest BCUT2D eigenvalue weighted by Gasteiger charge is 2.29. The zero-order valence-corrected chi connectivity index (χ0v) is 23.0. The Kier molecular flexibility index (Phi) is 7.68. The van der Waals surface area contributed by atoms with Gasteiger partial charge in [0.05, 0.1) is 22.0 Å². The molecule has 2 N–H and O–H groups in total. The van der Waals surface area contributed by atoms with Gasteiger partial charge in [-0.05, 0) is 56.0 Å². The minimum Gasteiger partial charge on any atom is -0.370 e. The van der Waals surface area contributed by atoms with Crippen LogP contribution in [0.2, 0.25) is 0 Å². The predicted molar refractivity (Wildman–Crippen MR) is 146 cm³/mol. The number of nitrogens with zero attached hydrogens (tertiary/aromatic N) is 2. The van der Waals surface area contributed by atoms with Crippen molar-refractivity contribution in [2.45, 2.75) is 48.8 Å². The van der Waals surface area contributed by atoms with Gasteiger partial charge >= 0.3 is 0 Å².